The van der Waals surface area contributed by atoms with Gasteiger partial charge in [-0.25, -0.2) is 19.7 Å². The Kier molecular flexibility index (Phi) is 7.11. The number of thiazole rings is 1. The Morgan fingerprint density at radius 3 is 2.58 bits per heavy atom. The van der Waals surface area contributed by atoms with Crippen LogP contribution in [0.25, 0.3) is 20.7 Å². The van der Waals surface area contributed by atoms with E-state index in [1.807, 2.05) is 18.2 Å². The first-order valence-corrected chi connectivity index (χ1v) is 12.9. The zero-order chi connectivity index (χ0) is 26.7. The van der Waals surface area contributed by atoms with Gasteiger partial charge in [-0.3, -0.25) is 5.32 Å². The molecule has 0 saturated carbocycles. The van der Waals surface area contributed by atoms with Crippen LogP contribution >= 0.6 is 22.7 Å². The Balaban J connectivity index is 1.17. The number of hydrogen-bond acceptors (Lipinski definition) is 8. The van der Waals surface area contributed by atoms with E-state index in [1.54, 1.807) is 29.7 Å². The third kappa shape index (κ3) is 6.01. The number of benzene rings is 2. The second-order valence-electron chi connectivity index (χ2n) is 8.06. The van der Waals surface area contributed by atoms with Gasteiger partial charge in [0.15, 0.2) is 5.13 Å². The average Bonchev–Trinajstić information content (AvgIpc) is 3.51. The summed E-state index contributed by atoms with van der Waals surface area (Å²) in [5.74, 6) is 0.906. The van der Waals surface area contributed by atoms with Gasteiger partial charge in [-0.05, 0) is 54.1 Å². The van der Waals surface area contributed by atoms with Gasteiger partial charge in [0.1, 0.15) is 17.9 Å². The zero-order valence-corrected chi connectivity index (χ0v) is 21.0. The van der Waals surface area contributed by atoms with Crippen LogP contribution in [0.5, 0.6) is 5.75 Å². The predicted molar refractivity (Wildman–Crippen MR) is 143 cm³/mol. The van der Waals surface area contributed by atoms with Crippen molar-refractivity contribution in [2.24, 2.45) is 0 Å². The van der Waals surface area contributed by atoms with Crippen LogP contribution in [-0.2, 0) is 12.6 Å². The van der Waals surface area contributed by atoms with Crippen LogP contribution in [-0.4, -0.2) is 32.6 Å². The molecule has 3 heterocycles. The van der Waals surface area contributed by atoms with Crippen molar-refractivity contribution in [2.75, 3.05) is 22.5 Å². The minimum absolute atomic E-state index is 0.0246. The highest BCUT2D eigenvalue weighted by Crippen LogP contribution is 2.36. The summed E-state index contributed by atoms with van der Waals surface area (Å²) in [4.78, 5) is 27.0. The number of carbonyl (C=O) groups is 1. The van der Waals surface area contributed by atoms with Crippen LogP contribution in [0.1, 0.15) is 10.4 Å². The molecule has 0 saturated heterocycles. The molecular weight excluding hydrogens is 537 g/mol. The van der Waals surface area contributed by atoms with Gasteiger partial charge in [-0.15, -0.1) is 22.7 Å². The molecule has 194 valence electrons. The lowest BCUT2D eigenvalue weighted by molar-refractivity contribution is -0.137. The van der Waals surface area contributed by atoms with Gasteiger partial charge >= 0.3 is 12.2 Å². The van der Waals surface area contributed by atoms with Gasteiger partial charge in [0.05, 0.1) is 15.8 Å². The SMILES string of the molecule is O=C(Nc1cccc(C(F)(F)F)c1)Nc1ncc(CCNc2ncnc3cc(-c4ccc(O)cc4)sc23)s1. The number of thiophene rings is 1. The van der Waals surface area contributed by atoms with E-state index in [0.717, 1.165) is 37.7 Å². The molecule has 3 aromatic heterocycles. The number of rotatable bonds is 7. The third-order valence-corrected chi connectivity index (χ3v) is 7.50. The quantitative estimate of drug-likeness (QED) is 0.175. The lowest BCUT2D eigenvalue weighted by atomic mass is 10.2. The molecule has 0 aliphatic rings. The van der Waals surface area contributed by atoms with Gasteiger partial charge in [-0.1, -0.05) is 6.07 Å². The molecular formula is C25H19F3N6O2S2. The normalized spacial score (nSPS) is 11.4. The van der Waals surface area contributed by atoms with Crippen molar-refractivity contribution in [1.29, 1.82) is 0 Å². The summed E-state index contributed by atoms with van der Waals surface area (Å²) in [6, 6.07) is 12.6. The first-order valence-electron chi connectivity index (χ1n) is 11.2. The molecule has 0 atom stereocenters. The summed E-state index contributed by atoms with van der Waals surface area (Å²) in [5.41, 5.74) is 0.959. The van der Waals surface area contributed by atoms with Gasteiger partial charge in [0, 0.05) is 34.6 Å². The second kappa shape index (κ2) is 10.6. The van der Waals surface area contributed by atoms with E-state index < -0.39 is 17.8 Å². The molecule has 0 bridgehead atoms. The van der Waals surface area contributed by atoms with E-state index in [-0.39, 0.29) is 11.4 Å². The summed E-state index contributed by atoms with van der Waals surface area (Å²) in [5, 5.41) is 18.1. The fourth-order valence-corrected chi connectivity index (χ4v) is 5.46. The number of fused-ring (bicyclic) bond motifs is 1. The molecule has 13 heteroatoms. The second-order valence-corrected chi connectivity index (χ2v) is 10.2. The molecule has 0 spiro atoms. The maximum Gasteiger partial charge on any atom is 0.416 e. The number of phenolic OH excluding ortho intramolecular Hbond substituents is 1. The number of aromatic hydroxyl groups is 1. The smallest absolute Gasteiger partial charge is 0.416 e. The Morgan fingerprint density at radius 1 is 0.974 bits per heavy atom. The molecule has 0 fully saturated rings. The topological polar surface area (TPSA) is 112 Å². The molecule has 8 nitrogen and oxygen atoms in total. The number of anilines is 3. The summed E-state index contributed by atoms with van der Waals surface area (Å²) in [7, 11) is 0. The maximum atomic E-state index is 12.9. The van der Waals surface area contributed by atoms with Crippen molar-refractivity contribution in [3.63, 3.8) is 0 Å². The molecule has 5 rings (SSSR count). The number of alkyl halides is 3. The number of hydrogen-bond donors (Lipinski definition) is 4. The Bertz CT molecular complexity index is 1580. The minimum Gasteiger partial charge on any atom is -0.508 e. The van der Waals surface area contributed by atoms with Gasteiger partial charge < -0.3 is 15.7 Å². The first-order chi connectivity index (χ1) is 18.2. The Hall–Kier alpha value is -4.23. The number of phenols is 1. The molecule has 0 aliphatic heterocycles. The van der Waals surface area contributed by atoms with Crippen LogP contribution in [0.4, 0.5) is 34.6 Å². The van der Waals surface area contributed by atoms with Crippen LogP contribution in [0, 0.1) is 0 Å². The number of aromatic nitrogens is 3. The Labute approximate surface area is 222 Å². The maximum absolute atomic E-state index is 12.9. The number of carbonyl (C=O) groups excluding carboxylic acids is 1. The van der Waals surface area contributed by atoms with E-state index in [2.05, 4.69) is 30.9 Å². The lowest BCUT2D eigenvalue weighted by Gasteiger charge is -2.09. The molecule has 5 aromatic rings. The van der Waals surface area contributed by atoms with Gasteiger partial charge in [0.25, 0.3) is 0 Å². The number of nitrogens with one attached hydrogen (secondary N) is 3. The molecule has 0 unspecified atom stereocenters. The van der Waals surface area contributed by atoms with Crippen molar-refractivity contribution in [2.45, 2.75) is 12.6 Å². The van der Waals surface area contributed by atoms with E-state index in [9.17, 15) is 23.1 Å². The van der Waals surface area contributed by atoms with Crippen molar-refractivity contribution in [1.82, 2.24) is 15.0 Å². The first kappa shape index (κ1) is 25.4. The van der Waals surface area contributed by atoms with E-state index >= 15 is 0 Å². The van der Waals surface area contributed by atoms with Crippen LogP contribution in [0.15, 0.2) is 67.1 Å². The average molecular weight is 557 g/mol. The predicted octanol–water partition coefficient (Wildman–Crippen LogP) is 6.84. The van der Waals surface area contributed by atoms with Crippen LogP contribution in [0.2, 0.25) is 0 Å². The summed E-state index contributed by atoms with van der Waals surface area (Å²) >= 11 is 2.81. The fourth-order valence-electron chi connectivity index (χ4n) is 3.57. The fraction of sp³-hybridized carbons (Fsp3) is 0.120. The van der Waals surface area contributed by atoms with Crippen LogP contribution < -0.4 is 16.0 Å². The van der Waals surface area contributed by atoms with Crippen LogP contribution in [0.3, 0.4) is 0 Å². The minimum atomic E-state index is -4.50. The van der Waals surface area contributed by atoms with Gasteiger partial charge in [-0.2, -0.15) is 13.2 Å². The van der Waals surface area contributed by atoms with Gasteiger partial charge in [0.2, 0.25) is 0 Å². The van der Waals surface area contributed by atoms with E-state index in [4.69, 9.17) is 0 Å². The van der Waals surface area contributed by atoms with Crippen molar-refractivity contribution >= 4 is 55.6 Å². The highest BCUT2D eigenvalue weighted by Gasteiger charge is 2.30. The third-order valence-electron chi connectivity index (χ3n) is 5.35. The number of nitrogens with zero attached hydrogens (tertiary/aromatic N) is 3. The molecule has 38 heavy (non-hydrogen) atoms. The highest BCUT2D eigenvalue weighted by molar-refractivity contribution is 7.22. The standard InChI is InChI=1S/C25H19F3N6O2S2/c26-25(27,28)15-2-1-3-16(10-15)33-23(36)34-24-30-12-18(37-24)8-9-29-22-21-19(31-13-32-22)11-20(38-21)14-4-6-17(35)7-5-14/h1-7,10-13,35H,8-9H2,(H,29,31,32)(H2,30,33,34,36). The van der Waals surface area contributed by atoms with E-state index in [1.165, 1.54) is 29.8 Å². The summed E-state index contributed by atoms with van der Waals surface area (Å²) < 4.78 is 39.5. The number of amides is 2. The molecule has 0 aliphatic carbocycles. The molecule has 0 radical (unpaired) electrons. The lowest BCUT2D eigenvalue weighted by Crippen LogP contribution is -2.19. The molecule has 2 aromatic carbocycles. The highest BCUT2D eigenvalue weighted by atomic mass is 32.1. The largest absolute Gasteiger partial charge is 0.508 e. The summed E-state index contributed by atoms with van der Waals surface area (Å²) in [6.45, 7) is 0.552. The number of halogens is 3. The van der Waals surface area contributed by atoms with E-state index in [0.29, 0.717) is 23.9 Å². The Morgan fingerprint density at radius 2 is 1.79 bits per heavy atom. The van der Waals surface area contributed by atoms with Crippen molar-refractivity contribution in [3.8, 4) is 16.2 Å². The molecule has 4 N–H and O–H groups in total. The zero-order valence-electron chi connectivity index (χ0n) is 19.4. The van der Waals surface area contributed by atoms with Crippen molar-refractivity contribution < 1.29 is 23.1 Å². The molecule has 2 amide bonds. The van der Waals surface area contributed by atoms with Crippen molar-refractivity contribution in [3.05, 3.63) is 77.6 Å². The number of urea groups is 1. The summed E-state index contributed by atoms with van der Waals surface area (Å²) in [6.07, 6.45) is -0.760. The monoisotopic (exact) mass is 556 g/mol.